The molecular weight excluding hydrogens is 497 g/mol. The average Bonchev–Trinajstić information content (AvgIpc) is 2.90. The van der Waals surface area contributed by atoms with Gasteiger partial charge in [-0.05, 0) is 64.5 Å². The number of carbonyl (C=O) groups excluding carboxylic acids is 1. The molecule has 10 heteroatoms. The van der Waals surface area contributed by atoms with Crippen LogP contribution >= 0.6 is 0 Å². The van der Waals surface area contributed by atoms with Crippen LogP contribution in [-0.2, 0) is 15.7 Å². The van der Waals surface area contributed by atoms with Gasteiger partial charge < -0.3 is 30.3 Å². The number of hydrogen-bond donors (Lipinski definition) is 3. The summed E-state index contributed by atoms with van der Waals surface area (Å²) in [5.74, 6) is 0.236. The number of fused-ring (bicyclic) bond motifs is 3. The van der Waals surface area contributed by atoms with E-state index in [1.807, 2.05) is 26.2 Å². The van der Waals surface area contributed by atoms with Gasteiger partial charge in [0.15, 0.2) is 0 Å². The first-order chi connectivity index (χ1) is 18.2. The maximum Gasteiger partial charge on any atom is 0.416 e. The zero-order valence-electron chi connectivity index (χ0n) is 22.1. The lowest BCUT2D eigenvalue weighted by Crippen LogP contribution is -2.47. The van der Waals surface area contributed by atoms with Crippen LogP contribution in [-0.4, -0.2) is 70.0 Å². The van der Waals surface area contributed by atoms with Gasteiger partial charge in [0.1, 0.15) is 6.61 Å². The van der Waals surface area contributed by atoms with E-state index in [9.17, 15) is 18.0 Å². The summed E-state index contributed by atoms with van der Waals surface area (Å²) < 4.78 is 52.3. The number of alkyl carbamates (subject to hydrolysis) is 1. The molecule has 0 bridgehead atoms. The zero-order valence-corrected chi connectivity index (χ0v) is 22.1. The normalized spacial score (nSPS) is 26.4. The Balaban J connectivity index is 1.34. The molecule has 210 valence electrons. The Labute approximate surface area is 222 Å². The number of allylic oxidation sites excluding steroid dienone is 3. The van der Waals surface area contributed by atoms with Gasteiger partial charge in [-0.3, -0.25) is 0 Å². The largest absolute Gasteiger partial charge is 0.447 e. The maximum atomic E-state index is 13.5. The van der Waals surface area contributed by atoms with Crippen LogP contribution in [0.2, 0.25) is 0 Å². The summed E-state index contributed by atoms with van der Waals surface area (Å²) in [6, 6.07) is 3.87. The van der Waals surface area contributed by atoms with Crippen molar-refractivity contribution >= 4 is 11.8 Å². The number of amides is 1. The zero-order chi connectivity index (χ0) is 27.1. The van der Waals surface area contributed by atoms with Gasteiger partial charge in [-0.15, -0.1) is 0 Å². The van der Waals surface area contributed by atoms with Crippen LogP contribution in [0.4, 0.5) is 23.7 Å². The van der Waals surface area contributed by atoms with Crippen LogP contribution in [0, 0.1) is 11.8 Å². The topological polar surface area (TPSA) is 74.9 Å². The van der Waals surface area contributed by atoms with Crippen molar-refractivity contribution in [2.24, 2.45) is 11.8 Å². The minimum Gasteiger partial charge on any atom is -0.447 e. The number of nitrogens with one attached hydrogen (secondary N) is 3. The molecule has 0 spiro atoms. The van der Waals surface area contributed by atoms with Gasteiger partial charge in [0.05, 0.1) is 17.8 Å². The van der Waals surface area contributed by atoms with E-state index in [1.165, 1.54) is 12.1 Å². The fourth-order valence-corrected chi connectivity index (χ4v) is 5.43. The Hall–Kier alpha value is -2.56. The van der Waals surface area contributed by atoms with Gasteiger partial charge in [-0.25, -0.2) is 4.79 Å². The summed E-state index contributed by atoms with van der Waals surface area (Å²) in [5.41, 5.74) is 0.506. The maximum absolute atomic E-state index is 13.5. The number of rotatable bonds is 10. The Bertz CT molecular complexity index is 998. The number of alkyl halides is 3. The van der Waals surface area contributed by atoms with Gasteiger partial charge >= 0.3 is 12.3 Å². The van der Waals surface area contributed by atoms with E-state index in [0.29, 0.717) is 24.2 Å². The number of anilines is 1. The summed E-state index contributed by atoms with van der Waals surface area (Å²) in [6.45, 7) is 3.19. The molecule has 1 amide bonds. The van der Waals surface area contributed by atoms with E-state index in [4.69, 9.17) is 9.47 Å². The molecule has 2 heterocycles. The fraction of sp³-hybridized carbons (Fsp3) is 0.607. The van der Waals surface area contributed by atoms with Gasteiger partial charge in [-0.2, -0.15) is 13.2 Å². The van der Waals surface area contributed by atoms with Crippen LogP contribution in [0.15, 0.2) is 42.5 Å². The lowest BCUT2D eigenvalue weighted by molar-refractivity contribution is -0.138. The van der Waals surface area contributed by atoms with Crippen LogP contribution in [0.25, 0.3) is 0 Å². The smallest absolute Gasteiger partial charge is 0.416 e. The minimum absolute atomic E-state index is 0.0113. The summed E-state index contributed by atoms with van der Waals surface area (Å²) >= 11 is 0. The monoisotopic (exact) mass is 536 g/mol. The molecule has 2 aliphatic heterocycles. The van der Waals surface area contributed by atoms with Crippen molar-refractivity contribution in [1.82, 2.24) is 15.5 Å². The molecule has 3 aliphatic rings. The number of benzene rings is 1. The van der Waals surface area contributed by atoms with E-state index in [0.717, 1.165) is 45.0 Å². The third-order valence-electron chi connectivity index (χ3n) is 7.43. The van der Waals surface area contributed by atoms with Crippen molar-refractivity contribution in [3.05, 3.63) is 53.6 Å². The van der Waals surface area contributed by atoms with Crippen molar-refractivity contribution in [1.29, 1.82) is 0 Å². The van der Waals surface area contributed by atoms with Gasteiger partial charge in [0.25, 0.3) is 0 Å². The van der Waals surface area contributed by atoms with Crippen LogP contribution in [0.1, 0.15) is 42.9 Å². The summed E-state index contributed by atoms with van der Waals surface area (Å²) in [4.78, 5) is 14.3. The number of nitrogens with zero attached hydrogens (tertiary/aromatic N) is 1. The second kappa shape index (κ2) is 13.0. The third kappa shape index (κ3) is 7.51. The molecule has 1 fully saturated rings. The number of ether oxygens (including phenoxy) is 2. The number of hydrogen-bond acceptors (Lipinski definition) is 6. The van der Waals surface area contributed by atoms with Crippen molar-refractivity contribution < 1.29 is 27.4 Å². The van der Waals surface area contributed by atoms with E-state index < -0.39 is 23.9 Å². The van der Waals surface area contributed by atoms with Crippen LogP contribution in [0.5, 0.6) is 0 Å². The first-order valence-corrected chi connectivity index (χ1v) is 13.4. The average molecular weight is 537 g/mol. The Morgan fingerprint density at radius 3 is 2.76 bits per heavy atom. The van der Waals surface area contributed by atoms with Crippen LogP contribution in [0.3, 0.4) is 0 Å². The standard InChI is InChI=1S/C28H39F3N4O3/c1-35(2)16-15-32-13-6-14-33-27(36)37-18-21-10-11-22-25(19-7-4-3-5-8-19)34-24-12-9-20(28(29,30)31)17-23(24)26(22)38-21/h3-5,7,9,12,17,19,21-22,25-26,32,34H,6,8,10-11,13-16,18H2,1-2H3,(H,33,36)/t19?,21-,22+,25+,26+/m1/s1. The summed E-state index contributed by atoms with van der Waals surface area (Å²) in [5, 5.41) is 9.58. The molecule has 1 unspecified atom stereocenters. The van der Waals surface area contributed by atoms with E-state index >= 15 is 0 Å². The van der Waals surface area contributed by atoms with E-state index in [1.54, 1.807) is 0 Å². The summed E-state index contributed by atoms with van der Waals surface area (Å²) in [7, 11) is 4.03. The Kier molecular flexibility index (Phi) is 9.73. The first-order valence-electron chi connectivity index (χ1n) is 13.4. The second-order valence-electron chi connectivity index (χ2n) is 10.5. The molecule has 7 nitrogen and oxygen atoms in total. The minimum atomic E-state index is -4.44. The predicted molar refractivity (Wildman–Crippen MR) is 141 cm³/mol. The Morgan fingerprint density at radius 1 is 1.18 bits per heavy atom. The van der Waals surface area contributed by atoms with E-state index in [2.05, 4.69) is 33.0 Å². The number of halogens is 3. The molecule has 5 atom stereocenters. The lowest BCUT2D eigenvalue weighted by atomic mass is 9.73. The number of likely N-dealkylation sites (N-methyl/N-ethyl adjacent to an activating group) is 1. The highest BCUT2D eigenvalue weighted by Crippen LogP contribution is 2.49. The lowest BCUT2D eigenvalue weighted by Gasteiger charge is -2.47. The van der Waals surface area contributed by atoms with E-state index in [-0.39, 0.29) is 30.6 Å². The van der Waals surface area contributed by atoms with Crippen molar-refractivity contribution in [2.75, 3.05) is 52.2 Å². The van der Waals surface area contributed by atoms with Crippen molar-refractivity contribution in [3.63, 3.8) is 0 Å². The highest BCUT2D eigenvalue weighted by atomic mass is 19.4. The first kappa shape index (κ1) is 28.4. The summed E-state index contributed by atoms with van der Waals surface area (Å²) in [6.07, 6.45) is 5.56. The molecule has 0 aromatic heterocycles. The van der Waals surface area contributed by atoms with Crippen molar-refractivity contribution in [3.8, 4) is 0 Å². The quantitative estimate of drug-likeness (QED) is 0.376. The molecule has 1 saturated heterocycles. The molecule has 1 aliphatic carbocycles. The van der Waals surface area contributed by atoms with Crippen molar-refractivity contribution in [2.45, 2.75) is 50.1 Å². The van der Waals surface area contributed by atoms with Gasteiger partial charge in [-0.1, -0.05) is 24.3 Å². The molecule has 38 heavy (non-hydrogen) atoms. The molecule has 1 aromatic carbocycles. The fourth-order valence-electron chi connectivity index (χ4n) is 5.43. The molecule has 0 saturated carbocycles. The SMILES string of the molecule is CN(C)CCNCCCNC(=O)OC[C@H]1CC[C@@H]2[C@H](O1)c1cc(C(F)(F)F)ccc1N[C@H]2C1C=CC=CC1. The molecule has 4 rings (SSSR count). The molecular formula is C28H39F3N4O3. The van der Waals surface area contributed by atoms with Crippen LogP contribution < -0.4 is 16.0 Å². The van der Waals surface area contributed by atoms with Gasteiger partial charge in [0, 0.05) is 48.8 Å². The highest BCUT2D eigenvalue weighted by molar-refractivity contribution is 5.67. The molecule has 1 aromatic rings. The molecule has 3 N–H and O–H groups in total. The highest BCUT2D eigenvalue weighted by Gasteiger charge is 2.45. The third-order valence-corrected chi connectivity index (χ3v) is 7.43. The predicted octanol–water partition coefficient (Wildman–Crippen LogP) is 4.74. The molecule has 0 radical (unpaired) electrons. The Morgan fingerprint density at radius 2 is 2.03 bits per heavy atom. The second-order valence-corrected chi connectivity index (χ2v) is 10.5. The van der Waals surface area contributed by atoms with Gasteiger partial charge in [0.2, 0.25) is 0 Å². The number of carbonyl (C=O) groups is 1.